The summed E-state index contributed by atoms with van der Waals surface area (Å²) in [5.74, 6) is 2.25. The van der Waals surface area contributed by atoms with E-state index in [2.05, 4.69) is 12.0 Å². The SMILES string of the molecule is CC1SCCSC1C(=O)c1c(Cl)cnn1C. The van der Waals surface area contributed by atoms with Crippen LogP contribution in [0.5, 0.6) is 0 Å². The van der Waals surface area contributed by atoms with Gasteiger partial charge in [0.1, 0.15) is 5.69 Å². The topological polar surface area (TPSA) is 34.9 Å². The van der Waals surface area contributed by atoms with Gasteiger partial charge in [-0.15, -0.1) is 11.8 Å². The monoisotopic (exact) mass is 276 g/mol. The fourth-order valence-corrected chi connectivity index (χ4v) is 4.70. The molecule has 6 heteroatoms. The minimum Gasteiger partial charge on any atom is -0.291 e. The summed E-state index contributed by atoms with van der Waals surface area (Å²) >= 11 is 9.56. The van der Waals surface area contributed by atoms with Crippen molar-refractivity contribution in [2.24, 2.45) is 7.05 Å². The number of hydrogen-bond donors (Lipinski definition) is 0. The summed E-state index contributed by atoms with van der Waals surface area (Å²) in [6, 6.07) is 0. The molecule has 2 heterocycles. The zero-order valence-electron chi connectivity index (χ0n) is 9.14. The van der Waals surface area contributed by atoms with Crippen molar-refractivity contribution in [2.75, 3.05) is 11.5 Å². The van der Waals surface area contributed by atoms with E-state index < -0.39 is 0 Å². The van der Waals surface area contributed by atoms with Gasteiger partial charge in [-0.2, -0.15) is 16.9 Å². The van der Waals surface area contributed by atoms with Gasteiger partial charge >= 0.3 is 0 Å². The number of thioether (sulfide) groups is 2. The minimum absolute atomic E-state index is 0.00616. The van der Waals surface area contributed by atoms with Crippen molar-refractivity contribution in [3.05, 3.63) is 16.9 Å². The van der Waals surface area contributed by atoms with Crippen molar-refractivity contribution in [1.29, 1.82) is 0 Å². The first-order valence-electron chi connectivity index (χ1n) is 5.06. The van der Waals surface area contributed by atoms with Gasteiger partial charge in [0.05, 0.1) is 16.5 Å². The summed E-state index contributed by atoms with van der Waals surface area (Å²) in [5.41, 5.74) is 0.536. The van der Waals surface area contributed by atoms with Gasteiger partial charge in [-0.1, -0.05) is 18.5 Å². The maximum atomic E-state index is 12.3. The van der Waals surface area contributed by atoms with E-state index in [-0.39, 0.29) is 11.0 Å². The third kappa shape index (κ3) is 2.26. The van der Waals surface area contributed by atoms with Crippen molar-refractivity contribution in [3.63, 3.8) is 0 Å². The van der Waals surface area contributed by atoms with Crippen LogP contribution in [-0.4, -0.2) is 37.6 Å². The van der Waals surface area contributed by atoms with E-state index >= 15 is 0 Å². The quantitative estimate of drug-likeness (QED) is 0.778. The highest BCUT2D eigenvalue weighted by Gasteiger charge is 2.32. The molecule has 2 unspecified atom stereocenters. The second kappa shape index (κ2) is 5.02. The van der Waals surface area contributed by atoms with E-state index in [1.165, 1.54) is 6.20 Å². The first-order valence-corrected chi connectivity index (χ1v) is 7.53. The Hall–Kier alpha value is -0.130. The maximum Gasteiger partial charge on any atom is 0.196 e. The van der Waals surface area contributed by atoms with E-state index in [4.69, 9.17) is 11.6 Å². The molecule has 1 aliphatic heterocycles. The van der Waals surface area contributed by atoms with Gasteiger partial charge in [-0.05, 0) is 0 Å². The van der Waals surface area contributed by atoms with E-state index in [1.54, 1.807) is 23.5 Å². The molecule has 1 fully saturated rings. The average molecular weight is 277 g/mol. The number of aromatic nitrogens is 2. The fourth-order valence-electron chi connectivity index (χ4n) is 1.74. The number of hydrogen-bond acceptors (Lipinski definition) is 4. The highest BCUT2D eigenvalue weighted by molar-refractivity contribution is 8.07. The summed E-state index contributed by atoms with van der Waals surface area (Å²) < 4.78 is 1.57. The normalized spacial score (nSPS) is 25.7. The van der Waals surface area contributed by atoms with E-state index in [0.29, 0.717) is 16.0 Å². The molecule has 1 saturated heterocycles. The molecular formula is C10H13ClN2OS2. The molecule has 0 bridgehead atoms. The van der Waals surface area contributed by atoms with E-state index in [1.807, 2.05) is 11.8 Å². The Kier molecular flexibility index (Phi) is 3.87. The van der Waals surface area contributed by atoms with Gasteiger partial charge in [0.15, 0.2) is 5.78 Å². The van der Waals surface area contributed by atoms with E-state index in [0.717, 1.165) is 11.5 Å². The lowest BCUT2D eigenvalue weighted by atomic mass is 10.1. The Morgan fingerprint density at radius 1 is 1.56 bits per heavy atom. The van der Waals surface area contributed by atoms with Gasteiger partial charge in [-0.3, -0.25) is 9.48 Å². The zero-order valence-corrected chi connectivity index (χ0v) is 11.5. The van der Waals surface area contributed by atoms with Gasteiger partial charge < -0.3 is 0 Å². The second-order valence-electron chi connectivity index (χ2n) is 3.70. The van der Waals surface area contributed by atoms with Crippen LogP contribution >= 0.6 is 35.1 Å². The number of carbonyl (C=O) groups is 1. The lowest BCUT2D eigenvalue weighted by Crippen LogP contribution is -2.32. The number of nitrogens with zero attached hydrogens (tertiary/aromatic N) is 2. The summed E-state index contributed by atoms with van der Waals surface area (Å²) in [6.45, 7) is 2.10. The Labute approximate surface area is 108 Å². The van der Waals surface area contributed by atoms with Gasteiger partial charge in [-0.25, -0.2) is 0 Å². The Balaban J connectivity index is 2.24. The van der Waals surface area contributed by atoms with Crippen LogP contribution in [0.4, 0.5) is 0 Å². The van der Waals surface area contributed by atoms with Gasteiger partial charge in [0.25, 0.3) is 0 Å². The van der Waals surface area contributed by atoms with Crippen molar-refractivity contribution in [3.8, 4) is 0 Å². The van der Waals surface area contributed by atoms with E-state index in [9.17, 15) is 4.79 Å². The lowest BCUT2D eigenvalue weighted by Gasteiger charge is -2.26. The molecule has 0 amide bonds. The number of Topliss-reactive ketones (excluding diaryl/α,β-unsaturated/α-hetero) is 1. The van der Waals surface area contributed by atoms with Crippen LogP contribution in [0.15, 0.2) is 6.20 Å². The van der Waals surface area contributed by atoms with Crippen molar-refractivity contribution >= 4 is 40.9 Å². The molecule has 2 atom stereocenters. The predicted octanol–water partition coefficient (Wildman–Crippen LogP) is 2.49. The zero-order chi connectivity index (χ0) is 11.7. The van der Waals surface area contributed by atoms with Crippen LogP contribution < -0.4 is 0 Å². The van der Waals surface area contributed by atoms with Crippen molar-refractivity contribution < 1.29 is 4.79 Å². The standard InChI is InChI=1S/C10H13ClN2OS2/c1-6-10(16-4-3-15-6)9(14)8-7(11)5-12-13(8)2/h5-6,10H,3-4H2,1-2H3. The molecule has 1 aliphatic rings. The number of ketones is 1. The summed E-state index contributed by atoms with van der Waals surface area (Å²) in [7, 11) is 1.75. The molecule has 0 radical (unpaired) electrons. The molecule has 0 saturated carbocycles. The molecule has 88 valence electrons. The highest BCUT2D eigenvalue weighted by Crippen LogP contribution is 2.34. The number of carbonyl (C=O) groups excluding carboxylic acids is 1. The summed E-state index contributed by atoms with van der Waals surface area (Å²) in [6.07, 6.45) is 1.53. The number of rotatable bonds is 2. The molecule has 3 nitrogen and oxygen atoms in total. The smallest absolute Gasteiger partial charge is 0.196 e. The molecule has 2 rings (SSSR count). The fraction of sp³-hybridized carbons (Fsp3) is 0.600. The number of aryl methyl sites for hydroxylation is 1. The van der Waals surface area contributed by atoms with Crippen molar-refractivity contribution in [2.45, 2.75) is 17.4 Å². The van der Waals surface area contributed by atoms with Crippen LogP contribution in [0.25, 0.3) is 0 Å². The van der Waals surface area contributed by atoms with Crippen LogP contribution in [0.3, 0.4) is 0 Å². The maximum absolute atomic E-state index is 12.3. The Bertz CT molecular complexity index is 388. The number of halogens is 1. The van der Waals surface area contributed by atoms with Crippen LogP contribution in [0, 0.1) is 0 Å². The molecule has 16 heavy (non-hydrogen) atoms. The van der Waals surface area contributed by atoms with Gasteiger partial charge in [0, 0.05) is 23.8 Å². The first kappa shape index (κ1) is 12.3. The predicted molar refractivity (Wildman–Crippen MR) is 70.7 cm³/mol. The molecule has 0 spiro atoms. The average Bonchev–Trinajstić information content (AvgIpc) is 2.58. The largest absolute Gasteiger partial charge is 0.291 e. The van der Waals surface area contributed by atoms with Crippen LogP contribution in [-0.2, 0) is 7.05 Å². The molecular weight excluding hydrogens is 264 g/mol. The van der Waals surface area contributed by atoms with Crippen molar-refractivity contribution in [1.82, 2.24) is 9.78 Å². The molecule has 0 aliphatic carbocycles. The molecule has 0 aromatic carbocycles. The molecule has 1 aromatic heterocycles. The minimum atomic E-state index is 0.00616. The summed E-state index contributed by atoms with van der Waals surface area (Å²) in [4.78, 5) is 12.3. The third-order valence-electron chi connectivity index (χ3n) is 2.57. The van der Waals surface area contributed by atoms with Crippen LogP contribution in [0.1, 0.15) is 17.4 Å². The highest BCUT2D eigenvalue weighted by atomic mass is 35.5. The second-order valence-corrected chi connectivity index (χ2v) is 6.84. The lowest BCUT2D eigenvalue weighted by molar-refractivity contribution is 0.0980. The Morgan fingerprint density at radius 2 is 2.25 bits per heavy atom. The van der Waals surface area contributed by atoms with Gasteiger partial charge in [0.2, 0.25) is 0 Å². The molecule has 1 aromatic rings. The summed E-state index contributed by atoms with van der Waals surface area (Å²) in [5, 5.41) is 4.81. The first-order chi connectivity index (χ1) is 7.61. The van der Waals surface area contributed by atoms with Crippen LogP contribution in [0.2, 0.25) is 5.02 Å². The third-order valence-corrected chi connectivity index (χ3v) is 5.94. The molecule has 0 N–H and O–H groups in total. The Morgan fingerprint density at radius 3 is 2.81 bits per heavy atom.